The molecule has 92 valence electrons. The van der Waals surface area contributed by atoms with E-state index in [1.165, 1.54) is 5.56 Å². The molecule has 0 N–H and O–H groups in total. The molecule has 0 bridgehead atoms. The lowest BCUT2D eigenvalue weighted by Crippen LogP contribution is -2.11. The number of ether oxygens (including phenoxy) is 1. The van der Waals surface area contributed by atoms with E-state index >= 15 is 0 Å². The van der Waals surface area contributed by atoms with Crippen molar-refractivity contribution in [2.75, 3.05) is 0 Å². The maximum Gasteiger partial charge on any atom is 0.535 e. The molecule has 1 aromatic carbocycles. The van der Waals surface area contributed by atoms with E-state index in [1.54, 1.807) is 20.8 Å². The highest BCUT2D eigenvalue weighted by molar-refractivity contribution is 5.98. The molecule has 0 aliphatic carbocycles. The van der Waals surface area contributed by atoms with E-state index in [4.69, 9.17) is 4.74 Å². The summed E-state index contributed by atoms with van der Waals surface area (Å²) in [5, 5.41) is 3.72. The summed E-state index contributed by atoms with van der Waals surface area (Å²) in [4.78, 5) is 15.7. The molecular formula is C13H17NO3. The van der Waals surface area contributed by atoms with Crippen molar-refractivity contribution in [1.82, 2.24) is 0 Å². The first-order valence-corrected chi connectivity index (χ1v) is 5.48. The van der Waals surface area contributed by atoms with Gasteiger partial charge in [0.1, 0.15) is 0 Å². The van der Waals surface area contributed by atoms with Crippen molar-refractivity contribution in [3.8, 4) is 0 Å². The summed E-state index contributed by atoms with van der Waals surface area (Å²) in [7, 11) is 0. The number of rotatable bonds is 3. The number of carbonyl (C=O) groups excluding carboxylic acids is 1. The summed E-state index contributed by atoms with van der Waals surface area (Å²) in [6, 6.07) is 7.79. The van der Waals surface area contributed by atoms with Gasteiger partial charge in [-0.25, -0.2) is 4.79 Å². The van der Waals surface area contributed by atoms with Crippen LogP contribution in [0.2, 0.25) is 0 Å². The number of hydrogen-bond acceptors (Lipinski definition) is 4. The molecule has 0 radical (unpaired) electrons. The number of carbonyl (C=O) groups is 1. The Morgan fingerprint density at radius 3 is 2.35 bits per heavy atom. The quantitative estimate of drug-likeness (QED) is 0.349. The highest BCUT2D eigenvalue weighted by Crippen LogP contribution is 2.05. The highest BCUT2D eigenvalue weighted by atomic mass is 16.8. The number of benzene rings is 1. The molecule has 1 aromatic rings. The zero-order valence-electron chi connectivity index (χ0n) is 10.6. The minimum Gasteiger partial charge on any atom is -0.430 e. The van der Waals surface area contributed by atoms with Crippen LogP contribution in [0.3, 0.4) is 0 Å². The van der Waals surface area contributed by atoms with Crippen LogP contribution in [0.1, 0.15) is 31.9 Å². The fourth-order valence-corrected chi connectivity index (χ4v) is 1.17. The Morgan fingerprint density at radius 1 is 1.24 bits per heavy atom. The molecule has 0 aliphatic rings. The Bertz CT molecular complexity index is 407. The maximum atomic E-state index is 11.1. The lowest BCUT2D eigenvalue weighted by Gasteiger charge is -2.05. The summed E-state index contributed by atoms with van der Waals surface area (Å²) in [6.45, 7) is 7.27. The maximum absolute atomic E-state index is 11.1. The molecule has 4 heteroatoms. The third-order valence-corrected chi connectivity index (χ3v) is 2.06. The van der Waals surface area contributed by atoms with Crippen molar-refractivity contribution >= 4 is 11.9 Å². The third-order valence-electron chi connectivity index (χ3n) is 2.06. The molecule has 0 fully saturated rings. The summed E-state index contributed by atoms with van der Waals surface area (Å²) < 4.78 is 4.79. The molecule has 0 saturated carbocycles. The standard InChI is InChI=1S/C13H17NO3/c1-9(2)16-13(15)17-14-11(4)12-7-5-10(3)6-8-12/h5-9H,1-4H3/b14-11+. The van der Waals surface area contributed by atoms with Crippen LogP contribution in [0.15, 0.2) is 29.4 Å². The number of aryl methyl sites for hydroxylation is 1. The molecule has 17 heavy (non-hydrogen) atoms. The third kappa shape index (κ3) is 4.68. The Hall–Kier alpha value is -1.84. The Labute approximate surface area is 101 Å². The fourth-order valence-electron chi connectivity index (χ4n) is 1.17. The average molecular weight is 235 g/mol. The second-order valence-electron chi connectivity index (χ2n) is 4.05. The number of oxime groups is 1. The van der Waals surface area contributed by atoms with Crippen LogP contribution in [0.4, 0.5) is 4.79 Å². The van der Waals surface area contributed by atoms with Gasteiger partial charge in [-0.05, 0) is 33.3 Å². The van der Waals surface area contributed by atoms with Crippen LogP contribution in [0.25, 0.3) is 0 Å². The van der Waals surface area contributed by atoms with Crippen molar-refractivity contribution < 1.29 is 14.4 Å². The van der Waals surface area contributed by atoms with Gasteiger partial charge in [-0.2, -0.15) is 0 Å². The zero-order valence-corrected chi connectivity index (χ0v) is 10.6. The van der Waals surface area contributed by atoms with Gasteiger partial charge >= 0.3 is 6.16 Å². The minimum absolute atomic E-state index is 0.211. The van der Waals surface area contributed by atoms with Crippen LogP contribution in [-0.4, -0.2) is 18.0 Å². The van der Waals surface area contributed by atoms with Gasteiger partial charge in [-0.1, -0.05) is 35.0 Å². The van der Waals surface area contributed by atoms with Crippen LogP contribution in [0.5, 0.6) is 0 Å². The summed E-state index contributed by atoms with van der Waals surface area (Å²) in [5.74, 6) is 0. The van der Waals surface area contributed by atoms with Gasteiger partial charge in [0, 0.05) is 0 Å². The van der Waals surface area contributed by atoms with E-state index in [0.29, 0.717) is 5.71 Å². The normalized spacial score (nSPS) is 11.5. The van der Waals surface area contributed by atoms with Crippen molar-refractivity contribution in [2.45, 2.75) is 33.8 Å². The molecule has 0 unspecified atom stereocenters. The van der Waals surface area contributed by atoms with Crippen molar-refractivity contribution in [3.63, 3.8) is 0 Å². The Balaban J connectivity index is 2.60. The molecule has 1 rings (SSSR count). The van der Waals surface area contributed by atoms with Crippen molar-refractivity contribution in [3.05, 3.63) is 35.4 Å². The summed E-state index contributed by atoms with van der Waals surface area (Å²) in [6.07, 6.45) is -0.996. The van der Waals surface area contributed by atoms with Crippen LogP contribution in [-0.2, 0) is 9.57 Å². The molecule has 0 atom stereocenters. The average Bonchev–Trinajstić information content (AvgIpc) is 2.26. The molecular weight excluding hydrogens is 218 g/mol. The SMILES string of the molecule is C/C(=N\OC(=O)OC(C)C)c1ccc(C)cc1. The first-order valence-electron chi connectivity index (χ1n) is 5.48. The van der Waals surface area contributed by atoms with Crippen LogP contribution >= 0.6 is 0 Å². The lowest BCUT2D eigenvalue weighted by molar-refractivity contribution is 0.0363. The molecule has 0 amide bonds. The first kappa shape index (κ1) is 13.2. The van der Waals surface area contributed by atoms with Gasteiger partial charge in [-0.15, -0.1) is 0 Å². The highest BCUT2D eigenvalue weighted by Gasteiger charge is 2.06. The van der Waals surface area contributed by atoms with E-state index < -0.39 is 6.16 Å². The van der Waals surface area contributed by atoms with Crippen molar-refractivity contribution in [2.24, 2.45) is 5.16 Å². The molecule has 4 nitrogen and oxygen atoms in total. The van der Waals surface area contributed by atoms with E-state index in [0.717, 1.165) is 5.56 Å². The second-order valence-corrected chi connectivity index (χ2v) is 4.05. The fraction of sp³-hybridized carbons (Fsp3) is 0.385. The predicted octanol–water partition coefficient (Wildman–Crippen LogP) is 3.28. The molecule has 0 spiro atoms. The number of hydrogen-bond donors (Lipinski definition) is 0. The topological polar surface area (TPSA) is 47.9 Å². The van der Waals surface area contributed by atoms with E-state index in [9.17, 15) is 4.79 Å². The Kier molecular flexibility index (Phi) is 4.69. The molecule has 0 aliphatic heterocycles. The van der Waals surface area contributed by atoms with E-state index in [1.807, 2.05) is 31.2 Å². The minimum atomic E-state index is -0.786. The molecule has 0 heterocycles. The van der Waals surface area contributed by atoms with Gasteiger partial charge in [0.2, 0.25) is 0 Å². The van der Waals surface area contributed by atoms with Gasteiger partial charge in [0.25, 0.3) is 0 Å². The largest absolute Gasteiger partial charge is 0.535 e. The van der Waals surface area contributed by atoms with Gasteiger partial charge in [0.05, 0.1) is 11.8 Å². The summed E-state index contributed by atoms with van der Waals surface area (Å²) in [5.41, 5.74) is 2.71. The van der Waals surface area contributed by atoms with Crippen molar-refractivity contribution in [1.29, 1.82) is 0 Å². The zero-order chi connectivity index (χ0) is 12.8. The van der Waals surface area contributed by atoms with E-state index in [-0.39, 0.29) is 6.10 Å². The van der Waals surface area contributed by atoms with Crippen LogP contribution < -0.4 is 0 Å². The summed E-state index contributed by atoms with van der Waals surface area (Å²) >= 11 is 0. The second kappa shape index (κ2) is 6.03. The van der Waals surface area contributed by atoms with Gasteiger partial charge < -0.3 is 4.74 Å². The molecule has 0 aromatic heterocycles. The van der Waals surface area contributed by atoms with Crippen LogP contribution in [0, 0.1) is 6.92 Å². The molecule has 0 saturated heterocycles. The smallest absolute Gasteiger partial charge is 0.430 e. The lowest BCUT2D eigenvalue weighted by atomic mass is 10.1. The van der Waals surface area contributed by atoms with Gasteiger partial charge in [-0.3, -0.25) is 4.84 Å². The monoisotopic (exact) mass is 235 g/mol. The first-order chi connectivity index (χ1) is 7.99. The number of nitrogens with zero attached hydrogens (tertiary/aromatic N) is 1. The van der Waals surface area contributed by atoms with E-state index in [2.05, 4.69) is 9.99 Å². The predicted molar refractivity (Wildman–Crippen MR) is 66.1 cm³/mol. The van der Waals surface area contributed by atoms with Gasteiger partial charge in [0.15, 0.2) is 0 Å². The Morgan fingerprint density at radius 2 is 1.82 bits per heavy atom.